The van der Waals surface area contributed by atoms with E-state index < -0.39 is 0 Å². The topological polar surface area (TPSA) is 61.0 Å². The van der Waals surface area contributed by atoms with Crippen LogP contribution in [-0.4, -0.2) is 22.1 Å². The molecule has 3 rings (SSSR count). The summed E-state index contributed by atoms with van der Waals surface area (Å²) in [5, 5.41) is 0. The molecule has 0 atom stereocenters. The first-order chi connectivity index (χ1) is 8.76. The first-order valence-corrected chi connectivity index (χ1v) is 5.51. The minimum Gasteiger partial charge on any atom is -0.497 e. The normalized spacial score (nSPS) is 10.8. The second-order valence-corrected chi connectivity index (χ2v) is 3.86. The van der Waals surface area contributed by atoms with Crippen molar-refractivity contribution in [2.45, 2.75) is 6.92 Å². The van der Waals surface area contributed by atoms with Crippen molar-refractivity contribution in [3.8, 4) is 17.2 Å². The SMILES string of the molecule is COc1ccc(-c2nc3cnc(C)nc3o2)cc1. The Morgan fingerprint density at radius 2 is 1.89 bits per heavy atom. The van der Waals surface area contributed by atoms with Crippen molar-refractivity contribution in [1.82, 2.24) is 15.0 Å². The van der Waals surface area contributed by atoms with Crippen LogP contribution in [0.25, 0.3) is 22.7 Å². The molecule has 0 saturated heterocycles. The van der Waals surface area contributed by atoms with Gasteiger partial charge in [0.2, 0.25) is 5.89 Å². The summed E-state index contributed by atoms with van der Waals surface area (Å²) >= 11 is 0. The Bertz CT molecular complexity index is 689. The predicted molar refractivity (Wildman–Crippen MR) is 66.3 cm³/mol. The number of nitrogens with zero attached hydrogens (tertiary/aromatic N) is 3. The lowest BCUT2D eigenvalue weighted by Crippen LogP contribution is -1.84. The Morgan fingerprint density at radius 3 is 2.61 bits per heavy atom. The van der Waals surface area contributed by atoms with Crippen molar-refractivity contribution >= 4 is 11.2 Å². The smallest absolute Gasteiger partial charge is 0.250 e. The minimum atomic E-state index is 0.508. The van der Waals surface area contributed by atoms with Gasteiger partial charge in [-0.1, -0.05) is 0 Å². The Labute approximate surface area is 103 Å². The van der Waals surface area contributed by atoms with Gasteiger partial charge in [0.1, 0.15) is 17.1 Å². The van der Waals surface area contributed by atoms with Crippen molar-refractivity contribution in [1.29, 1.82) is 0 Å². The molecule has 0 bridgehead atoms. The molecule has 2 heterocycles. The molecule has 0 fully saturated rings. The molecule has 0 amide bonds. The van der Waals surface area contributed by atoms with Gasteiger partial charge >= 0.3 is 0 Å². The van der Waals surface area contributed by atoms with Crippen molar-refractivity contribution in [2.75, 3.05) is 7.11 Å². The highest BCUT2D eigenvalue weighted by Crippen LogP contribution is 2.24. The van der Waals surface area contributed by atoms with Gasteiger partial charge in [0, 0.05) is 5.56 Å². The lowest BCUT2D eigenvalue weighted by Gasteiger charge is -1.99. The van der Waals surface area contributed by atoms with Crippen molar-refractivity contribution in [3.63, 3.8) is 0 Å². The van der Waals surface area contributed by atoms with Gasteiger partial charge < -0.3 is 9.15 Å². The molecular formula is C13H11N3O2. The third kappa shape index (κ3) is 1.79. The van der Waals surface area contributed by atoms with E-state index in [4.69, 9.17) is 9.15 Å². The molecule has 90 valence electrons. The van der Waals surface area contributed by atoms with Crippen LogP contribution < -0.4 is 4.74 Å². The van der Waals surface area contributed by atoms with Gasteiger partial charge in [-0.15, -0.1) is 0 Å². The molecule has 3 aromatic rings. The molecule has 0 unspecified atom stereocenters. The number of ether oxygens (including phenoxy) is 1. The Morgan fingerprint density at radius 1 is 1.11 bits per heavy atom. The van der Waals surface area contributed by atoms with E-state index in [0.29, 0.717) is 22.9 Å². The zero-order valence-corrected chi connectivity index (χ0v) is 10.0. The molecule has 0 N–H and O–H groups in total. The quantitative estimate of drug-likeness (QED) is 0.690. The maximum atomic E-state index is 5.61. The molecule has 0 radical (unpaired) electrons. The Kier molecular flexibility index (Phi) is 2.44. The summed E-state index contributed by atoms with van der Waals surface area (Å²) < 4.78 is 10.7. The number of aromatic nitrogens is 3. The van der Waals surface area contributed by atoms with Crippen LogP contribution in [0, 0.1) is 6.92 Å². The van der Waals surface area contributed by atoms with Gasteiger partial charge in [-0.25, -0.2) is 9.97 Å². The third-order valence-electron chi connectivity index (χ3n) is 2.61. The lowest BCUT2D eigenvalue weighted by molar-refractivity contribution is 0.415. The van der Waals surface area contributed by atoms with Crippen molar-refractivity contribution in [3.05, 3.63) is 36.3 Å². The molecule has 0 aliphatic carbocycles. The zero-order chi connectivity index (χ0) is 12.5. The standard InChI is InChI=1S/C13H11N3O2/c1-8-14-7-11-13(15-8)18-12(16-11)9-3-5-10(17-2)6-4-9/h3-7H,1-2H3. The fourth-order valence-electron chi connectivity index (χ4n) is 1.68. The van der Waals surface area contributed by atoms with Gasteiger partial charge in [-0.3, -0.25) is 0 Å². The number of rotatable bonds is 2. The number of aryl methyl sites for hydroxylation is 1. The van der Waals surface area contributed by atoms with E-state index in [9.17, 15) is 0 Å². The van der Waals surface area contributed by atoms with E-state index in [-0.39, 0.29) is 0 Å². The van der Waals surface area contributed by atoms with Gasteiger partial charge in [0.25, 0.3) is 5.71 Å². The van der Waals surface area contributed by atoms with Crippen molar-refractivity contribution < 1.29 is 9.15 Å². The maximum Gasteiger partial charge on any atom is 0.250 e. The van der Waals surface area contributed by atoms with Crippen molar-refractivity contribution in [2.24, 2.45) is 0 Å². The summed E-state index contributed by atoms with van der Waals surface area (Å²) in [4.78, 5) is 12.6. The van der Waals surface area contributed by atoms with Gasteiger partial charge in [-0.05, 0) is 31.2 Å². The molecule has 0 spiro atoms. The molecule has 18 heavy (non-hydrogen) atoms. The van der Waals surface area contributed by atoms with Gasteiger partial charge in [0.15, 0.2) is 0 Å². The van der Waals surface area contributed by atoms with E-state index >= 15 is 0 Å². The van der Waals surface area contributed by atoms with Crippen LogP contribution in [0.3, 0.4) is 0 Å². The summed E-state index contributed by atoms with van der Waals surface area (Å²) in [6.45, 7) is 1.81. The summed E-state index contributed by atoms with van der Waals surface area (Å²) in [5.74, 6) is 2.00. The molecule has 1 aromatic carbocycles. The van der Waals surface area contributed by atoms with E-state index in [0.717, 1.165) is 11.3 Å². The van der Waals surface area contributed by atoms with Crippen LogP contribution in [0.15, 0.2) is 34.9 Å². The molecule has 5 nitrogen and oxygen atoms in total. The molecular weight excluding hydrogens is 230 g/mol. The van der Waals surface area contributed by atoms with Crippen LogP contribution in [0.5, 0.6) is 5.75 Å². The maximum absolute atomic E-state index is 5.61. The van der Waals surface area contributed by atoms with Gasteiger partial charge in [-0.2, -0.15) is 4.98 Å². The average molecular weight is 241 g/mol. The average Bonchev–Trinajstić information content (AvgIpc) is 2.81. The van der Waals surface area contributed by atoms with Crippen LogP contribution >= 0.6 is 0 Å². The van der Waals surface area contributed by atoms with Gasteiger partial charge in [0.05, 0.1) is 13.3 Å². The number of fused-ring (bicyclic) bond motifs is 1. The molecule has 0 saturated carbocycles. The fourth-order valence-corrected chi connectivity index (χ4v) is 1.68. The number of benzene rings is 1. The highest BCUT2D eigenvalue weighted by molar-refractivity contribution is 5.71. The Hall–Kier alpha value is -2.43. The number of oxazole rings is 1. The van der Waals surface area contributed by atoms with Crippen LogP contribution in [0.4, 0.5) is 0 Å². The Balaban J connectivity index is 2.07. The largest absolute Gasteiger partial charge is 0.497 e. The fraction of sp³-hybridized carbons (Fsp3) is 0.154. The van der Waals surface area contributed by atoms with E-state index in [2.05, 4.69) is 15.0 Å². The summed E-state index contributed by atoms with van der Waals surface area (Å²) in [6, 6.07) is 7.51. The second-order valence-electron chi connectivity index (χ2n) is 3.86. The minimum absolute atomic E-state index is 0.508. The third-order valence-corrected chi connectivity index (χ3v) is 2.61. The van der Waals surface area contributed by atoms with Crippen LogP contribution in [0.1, 0.15) is 5.82 Å². The van der Waals surface area contributed by atoms with E-state index in [1.54, 1.807) is 13.3 Å². The van der Waals surface area contributed by atoms with Crippen LogP contribution in [-0.2, 0) is 0 Å². The zero-order valence-electron chi connectivity index (χ0n) is 10.0. The monoisotopic (exact) mass is 241 g/mol. The predicted octanol–water partition coefficient (Wildman–Crippen LogP) is 2.60. The van der Waals surface area contributed by atoms with E-state index in [1.165, 1.54) is 0 Å². The first kappa shape index (κ1) is 10.7. The lowest BCUT2D eigenvalue weighted by atomic mass is 10.2. The van der Waals surface area contributed by atoms with Crippen LogP contribution in [0.2, 0.25) is 0 Å². The second kappa shape index (κ2) is 4.10. The summed E-state index contributed by atoms with van der Waals surface area (Å²) in [7, 11) is 1.63. The first-order valence-electron chi connectivity index (χ1n) is 5.51. The molecule has 2 aromatic heterocycles. The highest BCUT2D eigenvalue weighted by Gasteiger charge is 2.09. The highest BCUT2D eigenvalue weighted by atomic mass is 16.5. The number of hydrogen-bond donors (Lipinski definition) is 0. The molecule has 5 heteroatoms. The molecule has 0 aliphatic rings. The van der Waals surface area contributed by atoms with E-state index in [1.807, 2.05) is 31.2 Å². The molecule has 0 aliphatic heterocycles. The summed E-state index contributed by atoms with van der Waals surface area (Å²) in [6.07, 6.45) is 1.66. The summed E-state index contributed by atoms with van der Waals surface area (Å²) in [5.41, 5.74) is 2.05. The number of methoxy groups -OCH3 is 1. The number of hydrogen-bond acceptors (Lipinski definition) is 5.